The minimum Gasteiger partial charge on any atom is -0.337 e. The summed E-state index contributed by atoms with van der Waals surface area (Å²) >= 11 is 0. The van der Waals surface area contributed by atoms with Crippen LogP contribution in [0.4, 0.5) is 0 Å². The van der Waals surface area contributed by atoms with E-state index >= 15 is 0 Å². The number of rotatable bonds is 4. The lowest BCUT2D eigenvalue weighted by Gasteiger charge is -2.28. The Morgan fingerprint density at radius 1 is 1.43 bits per heavy atom. The Kier molecular flexibility index (Phi) is 4.85. The lowest BCUT2D eigenvalue weighted by Crippen LogP contribution is -2.52. The number of carbonyl (C=O) groups excluding carboxylic acids is 1. The topological polar surface area (TPSA) is 41.1 Å². The molecular weight excluding hydrogens is 176 g/mol. The molecule has 0 saturated carbocycles. The third kappa shape index (κ3) is 5.75. The first-order valence-corrected chi connectivity index (χ1v) is 5.00. The Bertz CT molecular complexity index is 216. The highest BCUT2D eigenvalue weighted by Gasteiger charge is 2.17. The van der Waals surface area contributed by atoms with Crippen molar-refractivity contribution in [3.8, 4) is 0 Å². The molecule has 0 fully saturated rings. The average Bonchev–Trinajstić information content (AvgIpc) is 2.00. The van der Waals surface area contributed by atoms with E-state index in [4.69, 9.17) is 0 Å². The molecule has 0 aromatic heterocycles. The predicted molar refractivity (Wildman–Crippen MR) is 59.9 cm³/mol. The summed E-state index contributed by atoms with van der Waals surface area (Å²) in [6.07, 6.45) is 0.871. The monoisotopic (exact) mass is 198 g/mol. The van der Waals surface area contributed by atoms with Crippen molar-refractivity contribution in [3.63, 3.8) is 0 Å². The molecule has 2 N–H and O–H groups in total. The highest BCUT2D eigenvalue weighted by Crippen LogP contribution is 2.02. The van der Waals surface area contributed by atoms with Crippen molar-refractivity contribution in [1.29, 1.82) is 0 Å². The molecule has 0 spiro atoms. The van der Waals surface area contributed by atoms with Crippen molar-refractivity contribution in [1.82, 2.24) is 10.6 Å². The lowest BCUT2D eigenvalue weighted by atomic mass is 10.1. The van der Waals surface area contributed by atoms with E-state index in [9.17, 15) is 4.79 Å². The Balaban J connectivity index is 4.17. The zero-order valence-electron chi connectivity index (χ0n) is 9.90. The van der Waals surface area contributed by atoms with Crippen LogP contribution in [-0.2, 0) is 4.79 Å². The summed E-state index contributed by atoms with van der Waals surface area (Å²) in [4.78, 5) is 11.3. The number of nitrogens with one attached hydrogen (secondary N) is 2. The van der Waals surface area contributed by atoms with Gasteiger partial charge in [0.05, 0.1) is 6.17 Å². The highest BCUT2D eigenvalue weighted by molar-refractivity contribution is 5.92. The molecule has 82 valence electrons. The van der Waals surface area contributed by atoms with Crippen LogP contribution in [0.2, 0.25) is 0 Å². The lowest BCUT2D eigenvalue weighted by molar-refractivity contribution is -0.118. The molecule has 0 aromatic rings. The van der Waals surface area contributed by atoms with Gasteiger partial charge in [-0.25, -0.2) is 0 Å². The van der Waals surface area contributed by atoms with Crippen molar-refractivity contribution in [2.75, 3.05) is 0 Å². The Hall–Kier alpha value is -0.830. The van der Waals surface area contributed by atoms with E-state index in [0.717, 1.165) is 6.42 Å². The number of hydrogen-bond donors (Lipinski definition) is 2. The van der Waals surface area contributed by atoms with E-state index in [2.05, 4.69) is 38.0 Å². The van der Waals surface area contributed by atoms with Crippen LogP contribution in [-0.4, -0.2) is 17.6 Å². The molecule has 0 aliphatic rings. The van der Waals surface area contributed by atoms with Gasteiger partial charge in [0, 0.05) is 11.1 Å². The molecule has 0 bridgehead atoms. The minimum atomic E-state index is -0.0893. The summed E-state index contributed by atoms with van der Waals surface area (Å²) in [6, 6.07) is 0. The van der Waals surface area contributed by atoms with Crippen LogP contribution < -0.4 is 10.6 Å². The van der Waals surface area contributed by atoms with Gasteiger partial charge < -0.3 is 5.32 Å². The van der Waals surface area contributed by atoms with E-state index in [0.29, 0.717) is 5.57 Å². The molecule has 14 heavy (non-hydrogen) atoms. The van der Waals surface area contributed by atoms with Crippen LogP contribution in [0.3, 0.4) is 0 Å². The first-order valence-electron chi connectivity index (χ1n) is 5.00. The zero-order valence-corrected chi connectivity index (χ0v) is 9.90. The van der Waals surface area contributed by atoms with Gasteiger partial charge in [-0.15, -0.1) is 0 Å². The van der Waals surface area contributed by atoms with Gasteiger partial charge in [0.1, 0.15) is 0 Å². The number of carbonyl (C=O) groups is 1. The normalized spacial score (nSPS) is 13.5. The quantitative estimate of drug-likeness (QED) is 0.534. The molecule has 0 aromatic carbocycles. The molecule has 1 amide bonds. The van der Waals surface area contributed by atoms with E-state index in [1.165, 1.54) is 0 Å². The van der Waals surface area contributed by atoms with Crippen molar-refractivity contribution in [2.45, 2.75) is 52.7 Å². The molecule has 0 heterocycles. The fraction of sp³-hybridized carbons (Fsp3) is 0.727. The number of amides is 1. The standard InChI is InChI=1S/C11H22N2O/c1-7-9(13-11(4,5)6)12-10(14)8(2)3/h9,13H,2,7H2,1,3-6H3,(H,12,14). The van der Waals surface area contributed by atoms with Crippen LogP contribution >= 0.6 is 0 Å². The second-order valence-electron chi connectivity index (χ2n) is 4.61. The molecule has 3 nitrogen and oxygen atoms in total. The second-order valence-corrected chi connectivity index (χ2v) is 4.61. The molecule has 0 rings (SSSR count). The maximum atomic E-state index is 11.3. The van der Waals surface area contributed by atoms with Gasteiger partial charge in [0.2, 0.25) is 5.91 Å². The molecule has 1 atom stereocenters. The van der Waals surface area contributed by atoms with Crippen LogP contribution in [0.1, 0.15) is 41.0 Å². The summed E-state index contributed by atoms with van der Waals surface area (Å²) < 4.78 is 0. The SMILES string of the molecule is C=C(C)C(=O)NC(CC)NC(C)(C)C. The third-order valence-electron chi connectivity index (χ3n) is 1.71. The first-order chi connectivity index (χ1) is 6.26. The molecule has 0 radical (unpaired) electrons. The zero-order chi connectivity index (χ0) is 11.4. The molecule has 0 aliphatic heterocycles. The van der Waals surface area contributed by atoms with Gasteiger partial charge in [0.25, 0.3) is 0 Å². The fourth-order valence-electron chi connectivity index (χ4n) is 1.04. The number of hydrogen-bond acceptors (Lipinski definition) is 2. The van der Waals surface area contributed by atoms with Crippen molar-refractivity contribution >= 4 is 5.91 Å². The van der Waals surface area contributed by atoms with Crippen molar-refractivity contribution in [3.05, 3.63) is 12.2 Å². The van der Waals surface area contributed by atoms with Crippen molar-refractivity contribution in [2.24, 2.45) is 0 Å². The van der Waals surface area contributed by atoms with Gasteiger partial charge in [-0.3, -0.25) is 10.1 Å². The maximum absolute atomic E-state index is 11.3. The van der Waals surface area contributed by atoms with Gasteiger partial charge >= 0.3 is 0 Å². The molecule has 0 saturated heterocycles. The molecule has 0 aliphatic carbocycles. The van der Waals surface area contributed by atoms with Crippen LogP contribution in [0.5, 0.6) is 0 Å². The van der Waals surface area contributed by atoms with E-state index in [1.54, 1.807) is 6.92 Å². The van der Waals surface area contributed by atoms with Gasteiger partial charge in [-0.05, 0) is 34.1 Å². The van der Waals surface area contributed by atoms with E-state index in [1.807, 2.05) is 6.92 Å². The second kappa shape index (κ2) is 5.15. The fourth-order valence-corrected chi connectivity index (χ4v) is 1.04. The summed E-state index contributed by atoms with van der Waals surface area (Å²) in [6.45, 7) is 13.6. The van der Waals surface area contributed by atoms with Crippen LogP contribution in [0, 0.1) is 0 Å². The Morgan fingerprint density at radius 2 is 1.93 bits per heavy atom. The van der Waals surface area contributed by atoms with Crippen LogP contribution in [0.25, 0.3) is 0 Å². The third-order valence-corrected chi connectivity index (χ3v) is 1.71. The Labute approximate surface area is 87.0 Å². The molecular formula is C11H22N2O. The summed E-state index contributed by atoms with van der Waals surface area (Å²) in [5, 5.41) is 6.19. The molecule has 3 heteroatoms. The molecule has 1 unspecified atom stereocenters. The minimum absolute atomic E-state index is 0.00301. The van der Waals surface area contributed by atoms with Gasteiger partial charge in [0.15, 0.2) is 0 Å². The Morgan fingerprint density at radius 3 is 2.21 bits per heavy atom. The average molecular weight is 198 g/mol. The van der Waals surface area contributed by atoms with E-state index < -0.39 is 0 Å². The van der Waals surface area contributed by atoms with Gasteiger partial charge in [-0.2, -0.15) is 0 Å². The smallest absolute Gasteiger partial charge is 0.247 e. The van der Waals surface area contributed by atoms with Crippen LogP contribution in [0.15, 0.2) is 12.2 Å². The van der Waals surface area contributed by atoms with Crippen molar-refractivity contribution < 1.29 is 4.79 Å². The van der Waals surface area contributed by atoms with E-state index in [-0.39, 0.29) is 17.6 Å². The maximum Gasteiger partial charge on any atom is 0.247 e. The highest BCUT2D eigenvalue weighted by atomic mass is 16.1. The largest absolute Gasteiger partial charge is 0.337 e. The predicted octanol–water partition coefficient (Wildman–Crippen LogP) is 1.80. The van der Waals surface area contributed by atoms with Gasteiger partial charge in [-0.1, -0.05) is 13.5 Å². The summed E-state index contributed by atoms with van der Waals surface area (Å²) in [5.41, 5.74) is 0.544. The summed E-state index contributed by atoms with van der Waals surface area (Å²) in [5.74, 6) is -0.0893. The first kappa shape index (κ1) is 13.2. The summed E-state index contributed by atoms with van der Waals surface area (Å²) in [7, 11) is 0.